The van der Waals surface area contributed by atoms with Gasteiger partial charge < -0.3 is 9.88 Å². The molecule has 0 aliphatic rings. The molecule has 0 bridgehead atoms. The van der Waals surface area contributed by atoms with E-state index in [1.165, 1.54) is 43.3 Å². The lowest BCUT2D eigenvalue weighted by atomic mass is 10.2. The van der Waals surface area contributed by atoms with Crippen LogP contribution in [-0.2, 0) is 16.6 Å². The van der Waals surface area contributed by atoms with Crippen LogP contribution in [0.4, 0.5) is 5.69 Å². The van der Waals surface area contributed by atoms with E-state index in [2.05, 4.69) is 19.6 Å². The Bertz CT molecular complexity index is 1430. The van der Waals surface area contributed by atoms with Crippen LogP contribution in [0.3, 0.4) is 0 Å². The fraction of sp³-hybridized carbons (Fsp3) is 0.160. The molecule has 4 aromatic rings. The van der Waals surface area contributed by atoms with Crippen LogP contribution in [0.15, 0.2) is 84.0 Å². The molecule has 3 aromatic carbocycles. The van der Waals surface area contributed by atoms with Crippen LogP contribution >= 0.6 is 0 Å². The Hall–Kier alpha value is -3.98. The molecule has 4 rings (SSSR count). The summed E-state index contributed by atoms with van der Waals surface area (Å²) in [6.07, 6.45) is 2.54. The molecule has 8 nitrogen and oxygen atoms in total. The van der Waals surface area contributed by atoms with Crippen molar-refractivity contribution in [2.45, 2.75) is 24.8 Å². The first-order valence-electron chi connectivity index (χ1n) is 10.8. The summed E-state index contributed by atoms with van der Waals surface area (Å²) in [4.78, 5) is 28.2. The van der Waals surface area contributed by atoms with E-state index in [4.69, 9.17) is 0 Å². The Morgan fingerprint density at radius 1 is 0.912 bits per heavy atom. The number of carbonyl (C=O) groups is 2. The first kappa shape index (κ1) is 23.2. The number of ketones is 1. The minimum atomic E-state index is -3.81. The molecule has 2 N–H and O–H groups in total. The second-order valence-electron chi connectivity index (χ2n) is 7.80. The number of nitrogens with one attached hydrogen (secondary N) is 2. The van der Waals surface area contributed by atoms with Crippen LogP contribution in [-0.4, -0.2) is 36.2 Å². The maximum absolute atomic E-state index is 12.6. The smallest absolute Gasteiger partial charge is 0.261 e. The average molecular weight is 477 g/mol. The lowest BCUT2D eigenvalue weighted by Gasteiger charge is -2.10. The van der Waals surface area contributed by atoms with Gasteiger partial charge in [-0.1, -0.05) is 24.3 Å². The highest BCUT2D eigenvalue weighted by molar-refractivity contribution is 7.92. The number of hydrogen-bond acceptors (Lipinski definition) is 5. The minimum Gasteiger partial charge on any atom is -0.352 e. The number of rotatable bonds is 9. The number of nitrogens with zero attached hydrogens (tertiary/aromatic N) is 2. The van der Waals surface area contributed by atoms with Crippen molar-refractivity contribution in [3.8, 4) is 0 Å². The van der Waals surface area contributed by atoms with Gasteiger partial charge in [-0.05, 0) is 61.9 Å². The maximum atomic E-state index is 12.6. The number of fused-ring (bicyclic) bond motifs is 1. The minimum absolute atomic E-state index is 0.0463. The lowest BCUT2D eigenvalue weighted by molar-refractivity contribution is 0.0951. The molecule has 1 aromatic heterocycles. The van der Waals surface area contributed by atoms with Crippen LogP contribution in [0.5, 0.6) is 0 Å². The van der Waals surface area contributed by atoms with Crippen molar-refractivity contribution < 1.29 is 18.0 Å². The van der Waals surface area contributed by atoms with E-state index in [9.17, 15) is 18.0 Å². The highest BCUT2D eigenvalue weighted by Gasteiger charge is 2.15. The van der Waals surface area contributed by atoms with Gasteiger partial charge in [0.25, 0.3) is 15.9 Å². The Kier molecular flexibility index (Phi) is 6.74. The summed E-state index contributed by atoms with van der Waals surface area (Å²) in [5.74, 6) is -0.370. The molecule has 0 fully saturated rings. The fourth-order valence-corrected chi connectivity index (χ4v) is 4.57. The zero-order chi connectivity index (χ0) is 24.1. The molecule has 0 aliphatic heterocycles. The van der Waals surface area contributed by atoms with Gasteiger partial charge in [-0.2, -0.15) is 0 Å². The number of carbonyl (C=O) groups excluding carboxylic acids is 2. The van der Waals surface area contributed by atoms with Gasteiger partial charge in [0.2, 0.25) is 0 Å². The molecule has 0 radical (unpaired) electrons. The van der Waals surface area contributed by atoms with Crippen molar-refractivity contribution in [1.29, 1.82) is 0 Å². The van der Waals surface area contributed by atoms with Gasteiger partial charge in [0.1, 0.15) is 0 Å². The molecule has 0 aliphatic carbocycles. The van der Waals surface area contributed by atoms with Gasteiger partial charge in [-0.15, -0.1) is 0 Å². The van der Waals surface area contributed by atoms with Crippen molar-refractivity contribution >= 4 is 38.4 Å². The topological polar surface area (TPSA) is 110 Å². The van der Waals surface area contributed by atoms with Crippen LogP contribution < -0.4 is 10.0 Å². The van der Waals surface area contributed by atoms with E-state index >= 15 is 0 Å². The number of Topliss-reactive ketones (excluding diaryl/α,β-unsaturated/α-hetero) is 1. The highest BCUT2D eigenvalue weighted by Crippen LogP contribution is 2.18. The van der Waals surface area contributed by atoms with Crippen LogP contribution in [0.1, 0.15) is 34.1 Å². The SMILES string of the molecule is CC(=O)c1ccc(S(=O)(=O)Nc2ccc(C(=O)NCCCn3cnc4ccccc43)cc2)cc1. The third-order valence-electron chi connectivity index (χ3n) is 5.36. The van der Waals surface area contributed by atoms with E-state index < -0.39 is 10.0 Å². The zero-order valence-corrected chi connectivity index (χ0v) is 19.4. The Balaban J connectivity index is 1.30. The van der Waals surface area contributed by atoms with Gasteiger partial charge >= 0.3 is 0 Å². The van der Waals surface area contributed by atoms with Crippen molar-refractivity contribution in [2.24, 2.45) is 0 Å². The number of benzene rings is 3. The average Bonchev–Trinajstić information content (AvgIpc) is 3.25. The molecule has 0 spiro atoms. The summed E-state index contributed by atoms with van der Waals surface area (Å²) in [7, 11) is -3.81. The van der Waals surface area contributed by atoms with Crippen LogP contribution in [0, 0.1) is 0 Å². The molecule has 0 atom stereocenters. The number of aryl methyl sites for hydroxylation is 1. The van der Waals surface area contributed by atoms with Crippen molar-refractivity contribution in [1.82, 2.24) is 14.9 Å². The van der Waals surface area contributed by atoms with Crippen molar-refractivity contribution in [3.05, 3.63) is 90.3 Å². The van der Waals surface area contributed by atoms with E-state index in [0.717, 1.165) is 24.0 Å². The normalized spacial score (nSPS) is 11.3. The standard InChI is InChI=1S/C25H24N4O4S/c1-18(30)19-9-13-22(14-10-19)34(32,33)28-21-11-7-20(8-12-21)25(31)26-15-4-16-29-17-27-23-5-2-3-6-24(23)29/h2-3,5-14,17,28H,4,15-16H2,1H3,(H,26,31). The predicted octanol–water partition coefficient (Wildman–Crippen LogP) is 3.86. The quantitative estimate of drug-likeness (QED) is 0.282. The number of imidazole rings is 1. The van der Waals surface area contributed by atoms with Gasteiger partial charge in [-0.3, -0.25) is 14.3 Å². The number of anilines is 1. The number of sulfonamides is 1. The molecule has 34 heavy (non-hydrogen) atoms. The van der Waals surface area contributed by atoms with Crippen molar-refractivity contribution in [3.63, 3.8) is 0 Å². The first-order chi connectivity index (χ1) is 16.3. The molecular weight excluding hydrogens is 452 g/mol. The second kappa shape index (κ2) is 9.88. The second-order valence-corrected chi connectivity index (χ2v) is 9.48. The van der Waals surface area contributed by atoms with Gasteiger partial charge in [0, 0.05) is 29.9 Å². The van der Waals surface area contributed by atoms with Gasteiger partial charge in [0.15, 0.2) is 5.78 Å². The predicted molar refractivity (Wildman–Crippen MR) is 130 cm³/mol. The van der Waals surface area contributed by atoms with Crippen LogP contribution in [0.25, 0.3) is 11.0 Å². The summed E-state index contributed by atoms with van der Waals surface area (Å²) >= 11 is 0. The Morgan fingerprint density at radius 2 is 1.59 bits per heavy atom. The third-order valence-corrected chi connectivity index (χ3v) is 6.76. The molecule has 1 amide bonds. The first-order valence-corrected chi connectivity index (χ1v) is 12.2. The van der Waals surface area contributed by atoms with Gasteiger partial charge in [-0.25, -0.2) is 13.4 Å². The van der Waals surface area contributed by atoms with Crippen molar-refractivity contribution in [2.75, 3.05) is 11.3 Å². The zero-order valence-electron chi connectivity index (χ0n) is 18.6. The summed E-state index contributed by atoms with van der Waals surface area (Å²) in [6, 6.07) is 19.8. The van der Waals surface area contributed by atoms with E-state index in [1.807, 2.05) is 24.3 Å². The molecule has 0 saturated heterocycles. The number of hydrogen-bond donors (Lipinski definition) is 2. The molecule has 174 valence electrons. The highest BCUT2D eigenvalue weighted by atomic mass is 32.2. The molecule has 1 heterocycles. The molecule has 0 unspecified atom stereocenters. The molecular formula is C25H24N4O4S. The summed E-state index contributed by atoms with van der Waals surface area (Å²) in [5, 5.41) is 2.88. The fourth-order valence-electron chi connectivity index (χ4n) is 3.51. The molecule has 0 saturated carbocycles. The number of para-hydroxylation sites is 2. The monoisotopic (exact) mass is 476 g/mol. The molecule has 9 heteroatoms. The Morgan fingerprint density at radius 3 is 2.29 bits per heavy atom. The van der Waals surface area contributed by atoms with E-state index in [1.54, 1.807) is 18.5 Å². The maximum Gasteiger partial charge on any atom is 0.261 e. The summed E-state index contributed by atoms with van der Waals surface area (Å²) < 4.78 is 29.7. The van der Waals surface area contributed by atoms with Crippen LogP contribution in [0.2, 0.25) is 0 Å². The van der Waals surface area contributed by atoms with E-state index in [-0.39, 0.29) is 16.6 Å². The summed E-state index contributed by atoms with van der Waals surface area (Å²) in [6.45, 7) is 2.64. The lowest BCUT2D eigenvalue weighted by Crippen LogP contribution is -2.25. The van der Waals surface area contributed by atoms with E-state index in [0.29, 0.717) is 23.4 Å². The number of aromatic nitrogens is 2. The van der Waals surface area contributed by atoms with Gasteiger partial charge in [0.05, 0.1) is 22.3 Å². The Labute approximate surface area is 197 Å². The summed E-state index contributed by atoms with van der Waals surface area (Å²) in [5.41, 5.74) is 3.20. The largest absolute Gasteiger partial charge is 0.352 e. The number of amides is 1. The third kappa shape index (κ3) is 5.32.